The zero-order chi connectivity index (χ0) is 16.2. The van der Waals surface area contributed by atoms with Crippen molar-refractivity contribution in [2.75, 3.05) is 5.32 Å². The molecule has 23 heavy (non-hydrogen) atoms. The van der Waals surface area contributed by atoms with E-state index < -0.39 is 0 Å². The third kappa shape index (κ3) is 3.65. The first-order valence-electron chi connectivity index (χ1n) is 7.20. The number of carbonyl (C=O) groups excluding carboxylic acids is 1. The Bertz CT molecular complexity index is 803. The van der Waals surface area contributed by atoms with Crippen molar-refractivity contribution in [3.8, 4) is 0 Å². The molecule has 0 saturated heterocycles. The standard InChI is InChI=1S/C16H15ClN4OS/c1-2-13(15(22)19-11-7-4-3-6-10(11)17)23-16-20-12-8-5-9-18-14(12)21-16/h3-9,13H,2H2,1H3,(H,19,22)(H,18,20,21). The highest BCUT2D eigenvalue weighted by atomic mass is 35.5. The predicted molar refractivity (Wildman–Crippen MR) is 93.9 cm³/mol. The van der Waals surface area contributed by atoms with Crippen LogP contribution in [0, 0.1) is 0 Å². The topological polar surface area (TPSA) is 70.7 Å². The van der Waals surface area contributed by atoms with Crippen molar-refractivity contribution in [1.29, 1.82) is 0 Å². The number of nitrogens with one attached hydrogen (secondary N) is 2. The number of hydrogen-bond donors (Lipinski definition) is 2. The van der Waals surface area contributed by atoms with E-state index in [4.69, 9.17) is 11.6 Å². The maximum Gasteiger partial charge on any atom is 0.238 e. The number of nitrogens with zero attached hydrogens (tertiary/aromatic N) is 2. The van der Waals surface area contributed by atoms with Crippen molar-refractivity contribution in [3.63, 3.8) is 0 Å². The summed E-state index contributed by atoms with van der Waals surface area (Å²) >= 11 is 7.47. The molecule has 2 heterocycles. The number of fused-ring (bicyclic) bond motifs is 1. The van der Waals surface area contributed by atoms with Gasteiger partial charge < -0.3 is 10.3 Å². The lowest BCUT2D eigenvalue weighted by molar-refractivity contribution is -0.115. The average molecular weight is 347 g/mol. The number of para-hydroxylation sites is 1. The van der Waals surface area contributed by atoms with Gasteiger partial charge in [-0.25, -0.2) is 9.97 Å². The van der Waals surface area contributed by atoms with Crippen LogP contribution in [-0.2, 0) is 4.79 Å². The van der Waals surface area contributed by atoms with E-state index in [0.29, 0.717) is 27.9 Å². The maximum absolute atomic E-state index is 12.5. The van der Waals surface area contributed by atoms with Crippen LogP contribution >= 0.6 is 23.4 Å². The van der Waals surface area contributed by atoms with Crippen molar-refractivity contribution >= 4 is 46.1 Å². The summed E-state index contributed by atoms with van der Waals surface area (Å²) in [6, 6.07) is 10.9. The molecule has 2 N–H and O–H groups in total. The first kappa shape index (κ1) is 15.8. The first-order chi connectivity index (χ1) is 11.2. The molecule has 1 unspecified atom stereocenters. The Balaban J connectivity index is 1.74. The zero-order valence-electron chi connectivity index (χ0n) is 12.4. The first-order valence-corrected chi connectivity index (χ1v) is 8.46. The van der Waals surface area contributed by atoms with E-state index in [1.807, 2.05) is 31.2 Å². The van der Waals surface area contributed by atoms with Gasteiger partial charge in [-0.05, 0) is 30.7 Å². The monoisotopic (exact) mass is 346 g/mol. The number of thioether (sulfide) groups is 1. The lowest BCUT2D eigenvalue weighted by atomic mass is 10.2. The van der Waals surface area contributed by atoms with Crippen LogP contribution in [0.4, 0.5) is 5.69 Å². The summed E-state index contributed by atoms with van der Waals surface area (Å²) in [5.74, 6) is -0.0981. The molecule has 3 aromatic rings. The third-order valence-corrected chi connectivity index (χ3v) is 4.86. The number of rotatable bonds is 5. The molecule has 0 saturated carbocycles. The highest BCUT2D eigenvalue weighted by molar-refractivity contribution is 8.00. The van der Waals surface area contributed by atoms with E-state index in [-0.39, 0.29) is 11.2 Å². The van der Waals surface area contributed by atoms with Gasteiger partial charge in [-0.3, -0.25) is 4.79 Å². The fourth-order valence-electron chi connectivity index (χ4n) is 2.11. The number of carbonyl (C=O) groups is 1. The molecule has 5 nitrogen and oxygen atoms in total. The molecule has 0 bridgehead atoms. The van der Waals surface area contributed by atoms with Gasteiger partial charge in [0.15, 0.2) is 10.8 Å². The van der Waals surface area contributed by atoms with Crippen molar-refractivity contribution in [2.45, 2.75) is 23.8 Å². The van der Waals surface area contributed by atoms with Crippen LogP contribution in [0.3, 0.4) is 0 Å². The molecule has 7 heteroatoms. The third-order valence-electron chi connectivity index (χ3n) is 3.28. The van der Waals surface area contributed by atoms with E-state index >= 15 is 0 Å². The van der Waals surface area contributed by atoms with Crippen molar-refractivity contribution in [1.82, 2.24) is 15.0 Å². The summed E-state index contributed by atoms with van der Waals surface area (Å²) in [6.45, 7) is 1.96. The fourth-order valence-corrected chi connectivity index (χ4v) is 3.20. The number of halogens is 1. The van der Waals surface area contributed by atoms with Crippen LogP contribution in [0.15, 0.2) is 47.8 Å². The number of imidazole rings is 1. The van der Waals surface area contributed by atoms with Crippen LogP contribution in [0.25, 0.3) is 11.2 Å². The molecule has 118 valence electrons. The number of hydrogen-bond acceptors (Lipinski definition) is 4. The molecule has 0 aliphatic carbocycles. The predicted octanol–water partition coefficient (Wildman–Crippen LogP) is 4.12. The minimum absolute atomic E-state index is 0.0981. The molecule has 2 aromatic heterocycles. The second kappa shape index (κ2) is 7.02. The average Bonchev–Trinajstić information content (AvgIpc) is 2.97. The largest absolute Gasteiger partial charge is 0.332 e. The Hall–Kier alpha value is -2.05. The number of amides is 1. The molecule has 0 fully saturated rings. The second-order valence-electron chi connectivity index (χ2n) is 4.90. The van der Waals surface area contributed by atoms with Gasteiger partial charge in [-0.15, -0.1) is 0 Å². The highest BCUT2D eigenvalue weighted by Gasteiger charge is 2.20. The summed E-state index contributed by atoms with van der Waals surface area (Å²) in [4.78, 5) is 24.2. The maximum atomic E-state index is 12.5. The van der Waals surface area contributed by atoms with Gasteiger partial charge in [0.05, 0.1) is 21.5 Å². The van der Waals surface area contributed by atoms with Crippen molar-refractivity contribution in [3.05, 3.63) is 47.6 Å². The Morgan fingerprint density at radius 3 is 2.91 bits per heavy atom. The lowest BCUT2D eigenvalue weighted by Gasteiger charge is -2.14. The number of aromatic nitrogens is 3. The second-order valence-corrected chi connectivity index (χ2v) is 6.50. The van der Waals surface area contributed by atoms with Crippen molar-refractivity contribution < 1.29 is 4.79 Å². The lowest BCUT2D eigenvalue weighted by Crippen LogP contribution is -2.24. The summed E-state index contributed by atoms with van der Waals surface area (Å²) in [6.07, 6.45) is 2.37. The molecular formula is C16H15ClN4OS. The molecule has 0 aliphatic heterocycles. The summed E-state index contributed by atoms with van der Waals surface area (Å²) < 4.78 is 0. The van der Waals surface area contributed by atoms with Crippen LogP contribution in [-0.4, -0.2) is 26.1 Å². The van der Waals surface area contributed by atoms with E-state index in [1.54, 1.807) is 18.3 Å². The van der Waals surface area contributed by atoms with Crippen molar-refractivity contribution in [2.24, 2.45) is 0 Å². The Kier molecular flexibility index (Phi) is 4.83. The smallest absolute Gasteiger partial charge is 0.238 e. The normalized spacial score (nSPS) is 12.3. The quantitative estimate of drug-likeness (QED) is 0.682. The molecule has 0 aliphatic rings. The van der Waals surface area contributed by atoms with Gasteiger partial charge in [-0.1, -0.05) is 42.4 Å². The van der Waals surface area contributed by atoms with Gasteiger partial charge >= 0.3 is 0 Å². The van der Waals surface area contributed by atoms with Crippen LogP contribution in [0.5, 0.6) is 0 Å². The van der Waals surface area contributed by atoms with Gasteiger partial charge in [-0.2, -0.15) is 0 Å². The SMILES string of the molecule is CCC(Sc1nc2ncccc2[nH]1)C(=O)Nc1ccccc1Cl. The van der Waals surface area contributed by atoms with Crippen LogP contribution in [0.1, 0.15) is 13.3 Å². The van der Waals surface area contributed by atoms with Gasteiger partial charge in [0, 0.05) is 6.20 Å². The zero-order valence-corrected chi connectivity index (χ0v) is 14.0. The summed E-state index contributed by atoms with van der Waals surface area (Å²) in [5.41, 5.74) is 2.12. The van der Waals surface area contributed by atoms with E-state index in [2.05, 4.69) is 20.3 Å². The molecular weight excluding hydrogens is 332 g/mol. The number of benzene rings is 1. The fraction of sp³-hybridized carbons (Fsp3) is 0.188. The molecule has 3 rings (SSSR count). The van der Waals surface area contributed by atoms with Crippen LogP contribution in [0.2, 0.25) is 5.02 Å². The Morgan fingerprint density at radius 1 is 1.35 bits per heavy atom. The van der Waals surface area contributed by atoms with Crippen LogP contribution < -0.4 is 5.32 Å². The summed E-state index contributed by atoms with van der Waals surface area (Å²) in [7, 11) is 0. The molecule has 0 radical (unpaired) electrons. The van der Waals surface area contributed by atoms with Gasteiger partial charge in [0.1, 0.15) is 0 Å². The minimum Gasteiger partial charge on any atom is -0.332 e. The number of pyridine rings is 1. The number of H-pyrrole nitrogens is 1. The van der Waals surface area contributed by atoms with E-state index in [0.717, 1.165) is 5.52 Å². The number of anilines is 1. The summed E-state index contributed by atoms with van der Waals surface area (Å²) in [5, 5.41) is 3.80. The Morgan fingerprint density at radius 2 is 2.17 bits per heavy atom. The number of aromatic amines is 1. The van der Waals surface area contributed by atoms with Gasteiger partial charge in [0.25, 0.3) is 0 Å². The molecule has 1 aromatic carbocycles. The van der Waals surface area contributed by atoms with E-state index in [9.17, 15) is 4.79 Å². The molecule has 0 spiro atoms. The minimum atomic E-state index is -0.271. The van der Waals surface area contributed by atoms with E-state index in [1.165, 1.54) is 11.8 Å². The Labute approximate surface area is 142 Å². The highest BCUT2D eigenvalue weighted by Crippen LogP contribution is 2.27. The molecule has 1 amide bonds. The molecule has 1 atom stereocenters. The van der Waals surface area contributed by atoms with Gasteiger partial charge in [0.2, 0.25) is 5.91 Å².